The molecule has 1 aliphatic heterocycles. The van der Waals surface area contributed by atoms with Gasteiger partial charge in [0.2, 0.25) is 0 Å². The summed E-state index contributed by atoms with van der Waals surface area (Å²) in [5.41, 5.74) is 0.108. The third-order valence-electron chi connectivity index (χ3n) is 2.52. The fraction of sp³-hybridized carbons (Fsp3) is 0.667. The van der Waals surface area contributed by atoms with Crippen molar-refractivity contribution in [3.05, 3.63) is 11.8 Å². The Hall–Kier alpha value is -1.54. The summed E-state index contributed by atoms with van der Waals surface area (Å²) in [5.74, 6) is -0.325. The number of ether oxygens (including phenoxy) is 1. The second-order valence-electron chi connectivity index (χ2n) is 3.97. The van der Waals surface area contributed by atoms with Gasteiger partial charge in [-0.3, -0.25) is 4.79 Å². The SMILES string of the molecule is CCCNC(=O)/C(C#N)=C\NCC1CCCO1. The van der Waals surface area contributed by atoms with Crippen LogP contribution in [0.15, 0.2) is 11.8 Å². The molecule has 1 amide bonds. The van der Waals surface area contributed by atoms with Crippen LogP contribution < -0.4 is 10.6 Å². The molecule has 0 aromatic heterocycles. The zero-order valence-electron chi connectivity index (χ0n) is 10.2. The van der Waals surface area contributed by atoms with E-state index >= 15 is 0 Å². The van der Waals surface area contributed by atoms with Crippen molar-refractivity contribution in [2.75, 3.05) is 19.7 Å². The zero-order chi connectivity index (χ0) is 12.5. The molecule has 17 heavy (non-hydrogen) atoms. The summed E-state index contributed by atoms with van der Waals surface area (Å²) in [7, 11) is 0. The molecule has 0 aromatic carbocycles. The summed E-state index contributed by atoms with van der Waals surface area (Å²) in [6, 6.07) is 1.88. The van der Waals surface area contributed by atoms with E-state index in [-0.39, 0.29) is 17.6 Å². The van der Waals surface area contributed by atoms with Gasteiger partial charge in [-0.2, -0.15) is 5.26 Å². The third kappa shape index (κ3) is 4.87. The number of hydrogen-bond acceptors (Lipinski definition) is 4. The molecule has 94 valence electrons. The highest BCUT2D eigenvalue weighted by Crippen LogP contribution is 2.10. The Morgan fingerprint density at radius 3 is 3.06 bits per heavy atom. The molecule has 0 spiro atoms. The average molecular weight is 237 g/mol. The van der Waals surface area contributed by atoms with Gasteiger partial charge >= 0.3 is 0 Å². The predicted octanol–water partition coefficient (Wildman–Crippen LogP) is 0.689. The van der Waals surface area contributed by atoms with Gasteiger partial charge in [-0.1, -0.05) is 6.92 Å². The van der Waals surface area contributed by atoms with Gasteiger partial charge < -0.3 is 15.4 Å². The van der Waals surface area contributed by atoms with Crippen molar-refractivity contribution in [1.82, 2.24) is 10.6 Å². The first-order valence-corrected chi connectivity index (χ1v) is 6.01. The van der Waals surface area contributed by atoms with E-state index in [1.165, 1.54) is 6.20 Å². The third-order valence-corrected chi connectivity index (χ3v) is 2.52. The van der Waals surface area contributed by atoms with Crippen molar-refractivity contribution in [2.24, 2.45) is 0 Å². The number of carbonyl (C=O) groups excluding carboxylic acids is 1. The van der Waals surface area contributed by atoms with E-state index in [0.717, 1.165) is 25.9 Å². The number of rotatable bonds is 6. The Morgan fingerprint density at radius 1 is 1.65 bits per heavy atom. The molecule has 1 unspecified atom stereocenters. The first-order chi connectivity index (χ1) is 8.27. The lowest BCUT2D eigenvalue weighted by Gasteiger charge is -2.09. The smallest absolute Gasteiger partial charge is 0.263 e. The minimum atomic E-state index is -0.325. The number of nitrogens with zero attached hydrogens (tertiary/aromatic N) is 1. The predicted molar refractivity (Wildman–Crippen MR) is 64.0 cm³/mol. The minimum absolute atomic E-state index is 0.108. The number of nitriles is 1. The van der Waals surface area contributed by atoms with Crippen LogP contribution >= 0.6 is 0 Å². The quantitative estimate of drug-likeness (QED) is 0.526. The fourth-order valence-electron chi connectivity index (χ4n) is 1.58. The fourth-order valence-corrected chi connectivity index (χ4v) is 1.58. The van der Waals surface area contributed by atoms with Gasteiger partial charge in [0.05, 0.1) is 6.10 Å². The number of amides is 1. The van der Waals surface area contributed by atoms with Crippen LogP contribution in [0.3, 0.4) is 0 Å². The highest BCUT2D eigenvalue weighted by Gasteiger charge is 2.14. The van der Waals surface area contributed by atoms with E-state index in [4.69, 9.17) is 10.00 Å². The maximum atomic E-state index is 11.5. The Labute approximate surface area is 102 Å². The van der Waals surface area contributed by atoms with Crippen LogP contribution in [0, 0.1) is 11.3 Å². The van der Waals surface area contributed by atoms with Gasteiger partial charge in [-0.25, -0.2) is 0 Å². The van der Waals surface area contributed by atoms with E-state index in [1.807, 2.05) is 13.0 Å². The van der Waals surface area contributed by atoms with Gasteiger partial charge in [0.1, 0.15) is 11.6 Å². The molecule has 1 saturated heterocycles. The van der Waals surface area contributed by atoms with E-state index in [1.54, 1.807) is 0 Å². The zero-order valence-corrected chi connectivity index (χ0v) is 10.2. The molecule has 1 heterocycles. The van der Waals surface area contributed by atoms with E-state index in [9.17, 15) is 4.79 Å². The first-order valence-electron chi connectivity index (χ1n) is 6.01. The van der Waals surface area contributed by atoms with Gasteiger partial charge in [0, 0.05) is 25.9 Å². The van der Waals surface area contributed by atoms with E-state index in [0.29, 0.717) is 13.1 Å². The second-order valence-corrected chi connectivity index (χ2v) is 3.97. The maximum absolute atomic E-state index is 11.5. The molecular formula is C12H19N3O2. The molecule has 0 aromatic rings. The number of nitrogens with one attached hydrogen (secondary N) is 2. The Kier molecular flexibility index (Phi) is 6.12. The van der Waals surface area contributed by atoms with Gasteiger partial charge in [-0.05, 0) is 19.3 Å². The van der Waals surface area contributed by atoms with Crippen LogP contribution in [0.2, 0.25) is 0 Å². The lowest BCUT2D eigenvalue weighted by Crippen LogP contribution is -2.28. The summed E-state index contributed by atoms with van der Waals surface area (Å²) in [5, 5.41) is 14.5. The number of carbonyl (C=O) groups is 1. The van der Waals surface area contributed by atoms with E-state index < -0.39 is 0 Å². The van der Waals surface area contributed by atoms with Crippen molar-refractivity contribution < 1.29 is 9.53 Å². The standard InChI is InChI=1S/C12H19N3O2/c1-2-5-15-12(16)10(7-13)8-14-9-11-4-3-6-17-11/h8,11,14H,2-6,9H2,1H3,(H,15,16)/b10-8-. The molecule has 2 N–H and O–H groups in total. The summed E-state index contributed by atoms with van der Waals surface area (Å²) in [4.78, 5) is 11.5. The Bertz CT molecular complexity index is 314. The van der Waals surface area contributed by atoms with Gasteiger partial charge in [0.25, 0.3) is 5.91 Å². The molecule has 0 radical (unpaired) electrons. The number of hydrogen-bond donors (Lipinski definition) is 2. The van der Waals surface area contributed by atoms with Crippen molar-refractivity contribution in [3.8, 4) is 6.07 Å². The highest BCUT2D eigenvalue weighted by molar-refractivity contribution is 5.97. The molecule has 0 bridgehead atoms. The average Bonchev–Trinajstić information content (AvgIpc) is 2.84. The largest absolute Gasteiger partial charge is 0.387 e. The summed E-state index contributed by atoms with van der Waals surface area (Å²) in [6.07, 6.45) is 4.63. The molecule has 0 aliphatic carbocycles. The Balaban J connectivity index is 2.32. The monoisotopic (exact) mass is 237 g/mol. The van der Waals surface area contributed by atoms with Crippen LogP contribution in [0.5, 0.6) is 0 Å². The van der Waals surface area contributed by atoms with Crippen molar-refractivity contribution in [2.45, 2.75) is 32.3 Å². The topological polar surface area (TPSA) is 74.2 Å². The molecule has 1 aliphatic rings. The van der Waals surface area contributed by atoms with Crippen LogP contribution in [-0.4, -0.2) is 31.7 Å². The maximum Gasteiger partial charge on any atom is 0.263 e. The molecule has 1 fully saturated rings. The van der Waals surface area contributed by atoms with Crippen molar-refractivity contribution >= 4 is 5.91 Å². The van der Waals surface area contributed by atoms with E-state index in [2.05, 4.69) is 10.6 Å². The minimum Gasteiger partial charge on any atom is -0.387 e. The molecule has 5 nitrogen and oxygen atoms in total. The summed E-state index contributed by atoms with van der Waals surface area (Å²) >= 11 is 0. The van der Waals surface area contributed by atoms with Crippen LogP contribution in [0.25, 0.3) is 0 Å². The lowest BCUT2D eigenvalue weighted by molar-refractivity contribution is -0.117. The van der Waals surface area contributed by atoms with Crippen molar-refractivity contribution in [1.29, 1.82) is 5.26 Å². The second kappa shape index (κ2) is 7.69. The van der Waals surface area contributed by atoms with Gasteiger partial charge in [-0.15, -0.1) is 0 Å². The summed E-state index contributed by atoms with van der Waals surface area (Å²) in [6.45, 7) is 4.00. The highest BCUT2D eigenvalue weighted by atomic mass is 16.5. The van der Waals surface area contributed by atoms with Crippen LogP contribution in [0.4, 0.5) is 0 Å². The van der Waals surface area contributed by atoms with Gasteiger partial charge in [0.15, 0.2) is 0 Å². The summed E-state index contributed by atoms with van der Waals surface area (Å²) < 4.78 is 5.42. The lowest BCUT2D eigenvalue weighted by atomic mass is 10.2. The molecule has 5 heteroatoms. The first kappa shape index (κ1) is 13.5. The molecule has 1 rings (SSSR count). The molecular weight excluding hydrogens is 218 g/mol. The molecule has 1 atom stereocenters. The van der Waals surface area contributed by atoms with Crippen LogP contribution in [-0.2, 0) is 9.53 Å². The Morgan fingerprint density at radius 2 is 2.47 bits per heavy atom. The molecule has 0 saturated carbocycles. The van der Waals surface area contributed by atoms with Crippen LogP contribution in [0.1, 0.15) is 26.2 Å². The van der Waals surface area contributed by atoms with Crippen molar-refractivity contribution in [3.63, 3.8) is 0 Å². The normalized spacial score (nSPS) is 19.8.